The van der Waals surface area contributed by atoms with Crippen LogP contribution in [0.1, 0.15) is 49.4 Å². The molecule has 0 aliphatic carbocycles. The van der Waals surface area contributed by atoms with Crippen molar-refractivity contribution in [1.82, 2.24) is 25.5 Å². The number of rotatable bonds is 5. The lowest BCUT2D eigenvalue weighted by Crippen LogP contribution is -2.31. The maximum absolute atomic E-state index is 12.5. The van der Waals surface area contributed by atoms with Gasteiger partial charge in [0.15, 0.2) is 0 Å². The number of benzene rings is 2. The van der Waals surface area contributed by atoms with E-state index in [0.717, 1.165) is 10.8 Å². The number of carboxylic acid groups (broad SMARTS) is 1. The van der Waals surface area contributed by atoms with E-state index in [4.69, 9.17) is 0 Å². The van der Waals surface area contributed by atoms with E-state index in [1.165, 1.54) is 4.80 Å². The first kappa shape index (κ1) is 18.5. The van der Waals surface area contributed by atoms with Crippen molar-refractivity contribution in [2.24, 2.45) is 0 Å². The van der Waals surface area contributed by atoms with Crippen molar-refractivity contribution in [3.8, 4) is 0 Å². The maximum atomic E-state index is 12.5. The molecule has 1 aromatic heterocycles. The molecule has 1 heterocycles. The van der Waals surface area contributed by atoms with Crippen LogP contribution in [-0.2, 0) is 10.3 Å². The van der Waals surface area contributed by atoms with E-state index < -0.39 is 23.5 Å². The number of carboxylic acids is 1. The van der Waals surface area contributed by atoms with Crippen LogP contribution >= 0.6 is 0 Å². The molecule has 3 aromatic rings. The SMILES string of the molecule is CC(C)(C)n1nnc(C(=O)N[C@@H](CC(=O)O)c2ccc3ccccc3c2)n1. The Kier molecular flexibility index (Phi) is 4.89. The van der Waals surface area contributed by atoms with Crippen molar-refractivity contribution in [3.05, 3.63) is 53.9 Å². The topological polar surface area (TPSA) is 110 Å². The second-order valence-electron chi connectivity index (χ2n) is 7.30. The van der Waals surface area contributed by atoms with Gasteiger partial charge in [-0.15, -0.1) is 10.2 Å². The van der Waals surface area contributed by atoms with Crippen LogP contribution in [0.2, 0.25) is 0 Å². The van der Waals surface area contributed by atoms with Crippen LogP contribution in [0.15, 0.2) is 42.5 Å². The van der Waals surface area contributed by atoms with Crippen molar-refractivity contribution in [3.63, 3.8) is 0 Å². The first-order chi connectivity index (χ1) is 12.7. The highest BCUT2D eigenvalue weighted by molar-refractivity contribution is 5.91. The van der Waals surface area contributed by atoms with Gasteiger partial charge in [0.2, 0.25) is 0 Å². The molecule has 0 bridgehead atoms. The maximum Gasteiger partial charge on any atom is 0.305 e. The molecule has 1 amide bonds. The molecule has 1 atom stereocenters. The molecule has 0 aliphatic rings. The second kappa shape index (κ2) is 7.14. The van der Waals surface area contributed by atoms with Gasteiger partial charge in [-0.05, 0) is 48.4 Å². The summed E-state index contributed by atoms with van der Waals surface area (Å²) < 4.78 is 0. The van der Waals surface area contributed by atoms with E-state index in [9.17, 15) is 14.7 Å². The van der Waals surface area contributed by atoms with Gasteiger partial charge in [-0.1, -0.05) is 36.4 Å². The molecule has 0 fully saturated rings. The fourth-order valence-corrected chi connectivity index (χ4v) is 2.66. The van der Waals surface area contributed by atoms with Gasteiger partial charge in [0.25, 0.3) is 11.7 Å². The van der Waals surface area contributed by atoms with E-state index in [2.05, 4.69) is 20.7 Å². The Morgan fingerprint density at radius 3 is 2.48 bits per heavy atom. The van der Waals surface area contributed by atoms with Gasteiger partial charge in [0.05, 0.1) is 18.0 Å². The van der Waals surface area contributed by atoms with Crippen LogP contribution in [0.5, 0.6) is 0 Å². The Morgan fingerprint density at radius 2 is 1.85 bits per heavy atom. The minimum Gasteiger partial charge on any atom is -0.481 e. The van der Waals surface area contributed by atoms with Crippen molar-refractivity contribution >= 4 is 22.6 Å². The average molecular weight is 367 g/mol. The second-order valence-corrected chi connectivity index (χ2v) is 7.30. The molecule has 0 radical (unpaired) electrons. The number of aromatic nitrogens is 4. The van der Waals surface area contributed by atoms with Gasteiger partial charge in [-0.25, -0.2) is 0 Å². The molecular weight excluding hydrogens is 346 g/mol. The summed E-state index contributed by atoms with van der Waals surface area (Å²) in [5, 5.41) is 25.7. The third kappa shape index (κ3) is 4.28. The third-order valence-corrected chi connectivity index (χ3v) is 4.08. The summed E-state index contributed by atoms with van der Waals surface area (Å²) in [6.07, 6.45) is -0.252. The predicted molar refractivity (Wildman–Crippen MR) is 99.2 cm³/mol. The summed E-state index contributed by atoms with van der Waals surface area (Å²) in [6, 6.07) is 12.6. The highest BCUT2D eigenvalue weighted by atomic mass is 16.4. The zero-order chi connectivity index (χ0) is 19.6. The summed E-state index contributed by atoms with van der Waals surface area (Å²) in [4.78, 5) is 25.2. The van der Waals surface area contributed by atoms with Crippen LogP contribution in [0.3, 0.4) is 0 Å². The van der Waals surface area contributed by atoms with Gasteiger partial charge >= 0.3 is 5.97 Å². The number of nitrogens with zero attached hydrogens (tertiary/aromatic N) is 4. The van der Waals surface area contributed by atoms with E-state index in [0.29, 0.717) is 5.56 Å². The molecule has 0 spiro atoms. The van der Waals surface area contributed by atoms with E-state index in [-0.39, 0.29) is 12.2 Å². The Hall–Kier alpha value is -3.29. The van der Waals surface area contributed by atoms with Gasteiger partial charge < -0.3 is 10.4 Å². The van der Waals surface area contributed by atoms with Crippen LogP contribution in [0, 0.1) is 0 Å². The molecule has 140 valence electrons. The van der Waals surface area contributed by atoms with Gasteiger partial charge in [-0.2, -0.15) is 4.80 Å². The molecular formula is C19H21N5O3. The zero-order valence-electron chi connectivity index (χ0n) is 15.4. The zero-order valence-corrected chi connectivity index (χ0v) is 15.4. The lowest BCUT2D eigenvalue weighted by molar-refractivity contribution is -0.137. The highest BCUT2D eigenvalue weighted by Crippen LogP contribution is 2.23. The Bertz CT molecular complexity index is 990. The monoisotopic (exact) mass is 367 g/mol. The third-order valence-electron chi connectivity index (χ3n) is 4.08. The smallest absolute Gasteiger partial charge is 0.305 e. The quantitative estimate of drug-likeness (QED) is 0.717. The van der Waals surface area contributed by atoms with Crippen molar-refractivity contribution < 1.29 is 14.7 Å². The summed E-state index contributed by atoms with van der Waals surface area (Å²) in [6.45, 7) is 5.66. The lowest BCUT2D eigenvalue weighted by Gasteiger charge is -2.17. The Balaban J connectivity index is 1.87. The van der Waals surface area contributed by atoms with Gasteiger partial charge in [0.1, 0.15) is 0 Å². The Morgan fingerprint density at radius 1 is 1.15 bits per heavy atom. The molecule has 2 aromatic carbocycles. The minimum absolute atomic E-state index is 0.0962. The average Bonchev–Trinajstić information content (AvgIpc) is 3.11. The molecule has 8 heteroatoms. The molecule has 0 aliphatic heterocycles. The molecule has 8 nitrogen and oxygen atoms in total. The van der Waals surface area contributed by atoms with Crippen molar-refractivity contribution in [1.29, 1.82) is 0 Å². The Labute approximate surface area is 156 Å². The molecule has 0 unspecified atom stereocenters. The molecule has 3 rings (SSSR count). The van der Waals surface area contributed by atoms with Crippen molar-refractivity contribution in [2.45, 2.75) is 38.8 Å². The summed E-state index contributed by atoms with van der Waals surface area (Å²) in [5.41, 5.74) is 0.289. The van der Waals surface area contributed by atoms with E-state index >= 15 is 0 Å². The van der Waals surface area contributed by atoms with Crippen LogP contribution in [0.25, 0.3) is 10.8 Å². The number of amides is 1. The van der Waals surface area contributed by atoms with Crippen molar-refractivity contribution in [2.75, 3.05) is 0 Å². The minimum atomic E-state index is -1.01. The lowest BCUT2D eigenvalue weighted by atomic mass is 9.99. The van der Waals surface area contributed by atoms with Gasteiger partial charge in [0, 0.05) is 0 Å². The van der Waals surface area contributed by atoms with E-state index in [1.54, 1.807) is 0 Å². The standard InChI is InChI=1S/C19H21N5O3/c1-19(2,3)24-22-17(21-23-24)18(27)20-15(11-16(25)26)14-9-8-12-6-4-5-7-13(12)10-14/h4-10,15H,11H2,1-3H3,(H,20,27)(H,25,26)/t15-/m0/s1. The fraction of sp³-hybridized carbons (Fsp3) is 0.316. The number of carbonyl (C=O) groups is 2. The van der Waals surface area contributed by atoms with Crippen LogP contribution in [-0.4, -0.2) is 37.2 Å². The number of hydrogen-bond acceptors (Lipinski definition) is 5. The van der Waals surface area contributed by atoms with Crippen LogP contribution in [0.4, 0.5) is 0 Å². The largest absolute Gasteiger partial charge is 0.481 e. The molecule has 2 N–H and O–H groups in total. The highest BCUT2D eigenvalue weighted by Gasteiger charge is 2.24. The van der Waals surface area contributed by atoms with E-state index in [1.807, 2.05) is 63.2 Å². The van der Waals surface area contributed by atoms with Crippen LogP contribution < -0.4 is 5.32 Å². The molecule has 0 saturated carbocycles. The first-order valence-corrected chi connectivity index (χ1v) is 8.56. The predicted octanol–water partition coefficient (Wildman–Crippen LogP) is 2.53. The number of hydrogen-bond donors (Lipinski definition) is 2. The summed E-state index contributed by atoms with van der Waals surface area (Å²) in [5.74, 6) is -1.68. The summed E-state index contributed by atoms with van der Waals surface area (Å²) in [7, 11) is 0. The first-order valence-electron chi connectivity index (χ1n) is 8.56. The normalized spacial score (nSPS) is 12.7. The fourth-order valence-electron chi connectivity index (χ4n) is 2.66. The number of nitrogens with one attached hydrogen (secondary N) is 1. The number of carbonyl (C=O) groups excluding carboxylic acids is 1. The van der Waals surface area contributed by atoms with Gasteiger partial charge in [-0.3, -0.25) is 9.59 Å². The number of fused-ring (bicyclic) bond motifs is 1. The number of aliphatic carboxylic acids is 1. The summed E-state index contributed by atoms with van der Waals surface area (Å²) >= 11 is 0. The molecule has 27 heavy (non-hydrogen) atoms. The molecule has 0 saturated heterocycles. The number of tetrazole rings is 1.